The summed E-state index contributed by atoms with van der Waals surface area (Å²) in [5.41, 5.74) is 7.96. The van der Waals surface area contributed by atoms with Crippen molar-refractivity contribution in [2.75, 3.05) is 13.7 Å². The highest BCUT2D eigenvalue weighted by Crippen LogP contribution is 2.36. The third kappa shape index (κ3) is 2.75. The van der Waals surface area contributed by atoms with E-state index in [2.05, 4.69) is 9.97 Å². The lowest BCUT2D eigenvalue weighted by molar-refractivity contribution is 0.388. The van der Waals surface area contributed by atoms with Crippen molar-refractivity contribution in [2.45, 2.75) is 44.4 Å². The summed E-state index contributed by atoms with van der Waals surface area (Å²) in [5.74, 6) is 1.33. The van der Waals surface area contributed by atoms with Gasteiger partial charge in [0.05, 0.1) is 12.8 Å². The zero-order chi connectivity index (χ0) is 12.1. The molecule has 4 heteroatoms. The Balaban J connectivity index is 2.27. The molecule has 1 fully saturated rings. The van der Waals surface area contributed by atoms with Crippen LogP contribution in [0.5, 0.6) is 5.88 Å². The maximum atomic E-state index is 5.59. The molecule has 0 spiro atoms. The Bertz CT molecular complexity index is 362. The zero-order valence-corrected chi connectivity index (χ0v) is 10.5. The second-order valence-electron chi connectivity index (χ2n) is 4.62. The Morgan fingerprint density at radius 1 is 1.35 bits per heavy atom. The quantitative estimate of drug-likeness (QED) is 0.848. The van der Waals surface area contributed by atoms with Gasteiger partial charge in [-0.3, -0.25) is 0 Å². The van der Waals surface area contributed by atoms with Crippen molar-refractivity contribution in [1.29, 1.82) is 0 Å². The van der Waals surface area contributed by atoms with Crippen LogP contribution in [0.3, 0.4) is 0 Å². The van der Waals surface area contributed by atoms with Crippen LogP contribution in [0.2, 0.25) is 0 Å². The molecule has 17 heavy (non-hydrogen) atoms. The van der Waals surface area contributed by atoms with Crippen LogP contribution in [0.25, 0.3) is 0 Å². The van der Waals surface area contributed by atoms with Gasteiger partial charge in [0.2, 0.25) is 5.88 Å². The van der Waals surface area contributed by atoms with Gasteiger partial charge in [0.25, 0.3) is 0 Å². The van der Waals surface area contributed by atoms with Crippen LogP contribution in [-0.2, 0) is 6.42 Å². The first kappa shape index (κ1) is 12.3. The molecule has 0 radical (unpaired) electrons. The van der Waals surface area contributed by atoms with Gasteiger partial charge in [0.15, 0.2) is 0 Å². The lowest BCUT2D eigenvalue weighted by atomic mass is 9.97. The molecule has 0 unspecified atom stereocenters. The highest BCUT2D eigenvalue weighted by Gasteiger charge is 2.23. The minimum absolute atomic E-state index is 0.597. The summed E-state index contributed by atoms with van der Waals surface area (Å²) in [6, 6.07) is 0. The van der Waals surface area contributed by atoms with E-state index in [0.29, 0.717) is 12.5 Å². The molecule has 0 atom stereocenters. The first-order valence-electron chi connectivity index (χ1n) is 6.44. The molecule has 0 bridgehead atoms. The molecule has 1 aliphatic rings. The molecule has 2 rings (SSSR count). The van der Waals surface area contributed by atoms with E-state index in [1.54, 1.807) is 13.4 Å². The summed E-state index contributed by atoms with van der Waals surface area (Å²) in [5, 5.41) is 0. The van der Waals surface area contributed by atoms with E-state index in [9.17, 15) is 0 Å². The van der Waals surface area contributed by atoms with Crippen molar-refractivity contribution in [1.82, 2.24) is 9.97 Å². The fraction of sp³-hybridized carbons (Fsp3) is 0.692. The summed E-state index contributed by atoms with van der Waals surface area (Å²) in [7, 11) is 1.67. The van der Waals surface area contributed by atoms with Crippen LogP contribution in [0.15, 0.2) is 6.33 Å². The molecular weight excluding hydrogens is 214 g/mol. The van der Waals surface area contributed by atoms with Crippen LogP contribution in [-0.4, -0.2) is 23.6 Å². The second-order valence-corrected chi connectivity index (χ2v) is 4.62. The molecule has 1 aromatic rings. The van der Waals surface area contributed by atoms with E-state index < -0.39 is 0 Å². The van der Waals surface area contributed by atoms with Crippen molar-refractivity contribution in [2.24, 2.45) is 5.73 Å². The third-order valence-corrected chi connectivity index (χ3v) is 3.51. The summed E-state index contributed by atoms with van der Waals surface area (Å²) in [6.07, 6.45) is 8.63. The van der Waals surface area contributed by atoms with E-state index in [0.717, 1.165) is 18.7 Å². The number of hydrogen-bond donors (Lipinski definition) is 1. The van der Waals surface area contributed by atoms with Gasteiger partial charge in [0, 0.05) is 11.5 Å². The molecular formula is C13H21N3O. The number of ether oxygens (including phenoxy) is 1. The number of methoxy groups -OCH3 is 1. The topological polar surface area (TPSA) is 61.0 Å². The van der Waals surface area contributed by atoms with Gasteiger partial charge in [0.1, 0.15) is 6.33 Å². The van der Waals surface area contributed by atoms with Crippen molar-refractivity contribution in [3.8, 4) is 5.88 Å². The van der Waals surface area contributed by atoms with Gasteiger partial charge < -0.3 is 10.5 Å². The highest BCUT2D eigenvalue weighted by atomic mass is 16.5. The van der Waals surface area contributed by atoms with Crippen molar-refractivity contribution in [3.63, 3.8) is 0 Å². The van der Waals surface area contributed by atoms with Crippen LogP contribution in [0.4, 0.5) is 0 Å². The second kappa shape index (κ2) is 5.96. The molecule has 0 amide bonds. The minimum atomic E-state index is 0.597. The van der Waals surface area contributed by atoms with Crippen LogP contribution < -0.4 is 10.5 Å². The highest BCUT2D eigenvalue weighted by molar-refractivity contribution is 5.32. The monoisotopic (exact) mass is 235 g/mol. The Labute approximate surface area is 103 Å². The predicted octanol–water partition coefficient (Wildman–Crippen LogP) is 2.03. The lowest BCUT2D eigenvalue weighted by Crippen LogP contribution is -2.09. The molecule has 0 saturated heterocycles. The Morgan fingerprint density at radius 2 is 2.12 bits per heavy atom. The molecule has 0 aliphatic heterocycles. The Morgan fingerprint density at radius 3 is 2.76 bits per heavy atom. The summed E-state index contributed by atoms with van der Waals surface area (Å²) in [4.78, 5) is 8.70. The first-order chi connectivity index (χ1) is 8.36. The molecule has 1 heterocycles. The van der Waals surface area contributed by atoms with E-state index >= 15 is 0 Å². The molecule has 1 aliphatic carbocycles. The predicted molar refractivity (Wildman–Crippen MR) is 67.2 cm³/mol. The van der Waals surface area contributed by atoms with Crippen LogP contribution >= 0.6 is 0 Å². The van der Waals surface area contributed by atoms with Gasteiger partial charge >= 0.3 is 0 Å². The Kier molecular flexibility index (Phi) is 4.31. The maximum absolute atomic E-state index is 5.59. The normalized spacial score (nSPS) is 16.4. The van der Waals surface area contributed by atoms with E-state index in [-0.39, 0.29) is 0 Å². The van der Waals surface area contributed by atoms with Gasteiger partial charge in [-0.25, -0.2) is 9.97 Å². The molecule has 94 valence electrons. The van der Waals surface area contributed by atoms with Gasteiger partial charge in [-0.15, -0.1) is 0 Å². The van der Waals surface area contributed by atoms with E-state index in [1.807, 2.05) is 0 Å². The number of nitrogens with two attached hydrogens (primary N) is 1. The molecule has 4 nitrogen and oxygen atoms in total. The summed E-state index contributed by atoms with van der Waals surface area (Å²) in [6.45, 7) is 0.697. The maximum Gasteiger partial charge on any atom is 0.219 e. The largest absolute Gasteiger partial charge is 0.481 e. The summed E-state index contributed by atoms with van der Waals surface area (Å²) < 4.78 is 5.35. The smallest absolute Gasteiger partial charge is 0.219 e. The van der Waals surface area contributed by atoms with E-state index in [4.69, 9.17) is 10.5 Å². The zero-order valence-electron chi connectivity index (χ0n) is 10.5. The lowest BCUT2D eigenvalue weighted by Gasteiger charge is -2.15. The average Bonchev–Trinajstić information content (AvgIpc) is 2.89. The van der Waals surface area contributed by atoms with Crippen LogP contribution in [0.1, 0.15) is 49.3 Å². The third-order valence-electron chi connectivity index (χ3n) is 3.51. The van der Waals surface area contributed by atoms with Crippen LogP contribution in [0, 0.1) is 0 Å². The van der Waals surface area contributed by atoms with Crippen molar-refractivity contribution < 1.29 is 4.74 Å². The number of hydrogen-bond acceptors (Lipinski definition) is 4. The molecule has 2 N–H and O–H groups in total. The number of rotatable bonds is 5. The fourth-order valence-electron chi connectivity index (χ4n) is 2.65. The standard InChI is InChI=1S/C13H21N3O/c1-17-13-11(7-4-8-14)12(15-9-16-13)10-5-2-3-6-10/h9-10H,2-8,14H2,1H3. The van der Waals surface area contributed by atoms with Gasteiger partial charge in [-0.2, -0.15) is 0 Å². The molecule has 1 aromatic heterocycles. The van der Waals surface area contributed by atoms with Gasteiger partial charge in [-0.1, -0.05) is 12.8 Å². The number of nitrogens with zero attached hydrogens (tertiary/aromatic N) is 2. The Hall–Kier alpha value is -1.16. The average molecular weight is 235 g/mol. The van der Waals surface area contributed by atoms with Crippen molar-refractivity contribution in [3.05, 3.63) is 17.6 Å². The number of aromatic nitrogens is 2. The minimum Gasteiger partial charge on any atom is -0.481 e. The van der Waals surface area contributed by atoms with Gasteiger partial charge in [-0.05, 0) is 32.2 Å². The fourth-order valence-corrected chi connectivity index (χ4v) is 2.65. The van der Waals surface area contributed by atoms with Crippen molar-refractivity contribution >= 4 is 0 Å². The summed E-state index contributed by atoms with van der Waals surface area (Å²) >= 11 is 0. The SMILES string of the molecule is COc1ncnc(C2CCCC2)c1CCCN. The van der Waals surface area contributed by atoms with E-state index in [1.165, 1.54) is 36.9 Å². The molecule has 0 aromatic carbocycles. The molecule has 1 saturated carbocycles. The first-order valence-corrected chi connectivity index (χ1v) is 6.44.